The number of aromatic nitrogens is 2. The highest BCUT2D eigenvalue weighted by atomic mass is 32.2. The molecule has 0 saturated heterocycles. The normalized spacial score (nSPS) is 14.1. The van der Waals surface area contributed by atoms with Crippen molar-refractivity contribution in [1.82, 2.24) is 9.55 Å². The van der Waals surface area contributed by atoms with Crippen LogP contribution >= 0.6 is 34.4 Å². The molecular formula is C19H20N2O2S3. The maximum absolute atomic E-state index is 13.2. The molecule has 0 spiro atoms. The molecule has 3 aromatic rings. The summed E-state index contributed by atoms with van der Waals surface area (Å²) < 4.78 is 1.76. The fraction of sp³-hybridized carbons (Fsp3) is 0.421. The van der Waals surface area contributed by atoms with E-state index in [9.17, 15) is 9.59 Å². The number of hydrogen-bond donors (Lipinski definition) is 0. The first-order valence-corrected chi connectivity index (χ1v) is 11.5. The molecule has 0 N–H and O–H groups in total. The Morgan fingerprint density at radius 1 is 1.35 bits per heavy atom. The number of ketones is 1. The summed E-state index contributed by atoms with van der Waals surface area (Å²) in [5.74, 6) is 0.385. The summed E-state index contributed by atoms with van der Waals surface area (Å²) in [6, 6.07) is 3.73. The summed E-state index contributed by atoms with van der Waals surface area (Å²) in [6.45, 7) is 4.00. The van der Waals surface area contributed by atoms with E-state index in [1.54, 1.807) is 15.9 Å². The van der Waals surface area contributed by atoms with Gasteiger partial charge in [-0.2, -0.15) is 0 Å². The van der Waals surface area contributed by atoms with Crippen LogP contribution in [0.1, 0.15) is 52.8 Å². The first kappa shape index (κ1) is 17.9. The van der Waals surface area contributed by atoms with Gasteiger partial charge < -0.3 is 0 Å². The Kier molecular flexibility index (Phi) is 5.03. The van der Waals surface area contributed by atoms with Crippen molar-refractivity contribution < 1.29 is 4.79 Å². The number of hydrogen-bond acceptors (Lipinski definition) is 6. The average molecular weight is 405 g/mol. The van der Waals surface area contributed by atoms with Crippen molar-refractivity contribution in [1.29, 1.82) is 0 Å². The zero-order valence-corrected chi connectivity index (χ0v) is 17.2. The minimum atomic E-state index is 0.0119. The average Bonchev–Trinajstić information content (AvgIpc) is 3.26. The van der Waals surface area contributed by atoms with Crippen LogP contribution in [-0.2, 0) is 12.8 Å². The van der Waals surface area contributed by atoms with Crippen LogP contribution in [0.2, 0.25) is 0 Å². The smallest absolute Gasteiger partial charge is 0.263 e. The van der Waals surface area contributed by atoms with Gasteiger partial charge in [0.05, 0.1) is 16.0 Å². The van der Waals surface area contributed by atoms with Crippen LogP contribution in [0.3, 0.4) is 0 Å². The predicted molar refractivity (Wildman–Crippen MR) is 110 cm³/mol. The van der Waals surface area contributed by atoms with E-state index >= 15 is 0 Å². The van der Waals surface area contributed by atoms with Gasteiger partial charge in [0, 0.05) is 10.9 Å². The summed E-state index contributed by atoms with van der Waals surface area (Å²) in [4.78, 5) is 33.3. The topological polar surface area (TPSA) is 52.0 Å². The molecule has 0 aromatic carbocycles. The first-order valence-electron chi connectivity index (χ1n) is 8.82. The molecule has 26 heavy (non-hydrogen) atoms. The molecule has 0 saturated carbocycles. The molecule has 3 aromatic heterocycles. The maximum atomic E-state index is 13.2. The van der Waals surface area contributed by atoms with Crippen molar-refractivity contribution in [3.05, 3.63) is 43.2 Å². The molecule has 4 nitrogen and oxygen atoms in total. The second-order valence-electron chi connectivity index (χ2n) is 6.74. The van der Waals surface area contributed by atoms with Gasteiger partial charge in [-0.1, -0.05) is 17.8 Å². The SMILES string of the molecule is CC(C)n1c(SCC(=O)c2cccs2)nc2sc3c(c2c1=O)CCCC3. The molecule has 0 fully saturated rings. The van der Waals surface area contributed by atoms with Gasteiger partial charge >= 0.3 is 0 Å². The number of carbonyl (C=O) groups is 1. The van der Waals surface area contributed by atoms with Gasteiger partial charge in [-0.25, -0.2) is 4.98 Å². The van der Waals surface area contributed by atoms with Crippen molar-refractivity contribution in [2.75, 3.05) is 5.75 Å². The number of thioether (sulfide) groups is 1. The van der Waals surface area contributed by atoms with Crippen molar-refractivity contribution in [3.8, 4) is 0 Å². The zero-order chi connectivity index (χ0) is 18.3. The van der Waals surface area contributed by atoms with Crippen LogP contribution in [0.5, 0.6) is 0 Å². The van der Waals surface area contributed by atoms with E-state index in [1.807, 2.05) is 31.4 Å². The van der Waals surface area contributed by atoms with Crippen molar-refractivity contribution in [3.63, 3.8) is 0 Å². The Balaban J connectivity index is 1.75. The Labute approximate surface area is 164 Å². The molecule has 0 bridgehead atoms. The lowest BCUT2D eigenvalue weighted by molar-refractivity contribution is 0.102. The molecule has 0 amide bonds. The largest absolute Gasteiger partial charge is 0.292 e. The van der Waals surface area contributed by atoms with Crippen LogP contribution in [0.15, 0.2) is 27.5 Å². The Hall–Kier alpha value is -1.44. The molecular weight excluding hydrogens is 384 g/mol. The van der Waals surface area contributed by atoms with E-state index in [0.717, 1.165) is 34.4 Å². The molecule has 0 aliphatic heterocycles. The van der Waals surface area contributed by atoms with E-state index in [2.05, 4.69) is 0 Å². The van der Waals surface area contributed by atoms with Crippen LogP contribution in [0.25, 0.3) is 10.2 Å². The van der Waals surface area contributed by atoms with Gasteiger partial charge in [0.15, 0.2) is 10.9 Å². The van der Waals surface area contributed by atoms with E-state index in [1.165, 1.54) is 40.0 Å². The van der Waals surface area contributed by atoms with E-state index in [-0.39, 0.29) is 17.4 Å². The number of fused-ring (bicyclic) bond motifs is 3. The highest BCUT2D eigenvalue weighted by Gasteiger charge is 2.23. The molecule has 0 radical (unpaired) electrons. The van der Waals surface area contributed by atoms with Crippen molar-refractivity contribution in [2.45, 2.75) is 50.7 Å². The predicted octanol–water partition coefficient (Wildman–Crippen LogP) is 4.95. The maximum Gasteiger partial charge on any atom is 0.263 e. The van der Waals surface area contributed by atoms with Gasteiger partial charge in [-0.05, 0) is 56.5 Å². The second kappa shape index (κ2) is 7.29. The zero-order valence-electron chi connectivity index (χ0n) is 14.8. The van der Waals surface area contributed by atoms with E-state index in [0.29, 0.717) is 10.9 Å². The van der Waals surface area contributed by atoms with Crippen molar-refractivity contribution in [2.24, 2.45) is 0 Å². The molecule has 4 rings (SSSR count). The van der Waals surface area contributed by atoms with Crippen LogP contribution in [0.4, 0.5) is 0 Å². The fourth-order valence-corrected chi connectivity index (χ4v) is 6.46. The third-order valence-electron chi connectivity index (χ3n) is 4.63. The number of carbonyl (C=O) groups excluding carboxylic acids is 1. The lowest BCUT2D eigenvalue weighted by Crippen LogP contribution is -2.25. The number of thiophene rings is 2. The summed E-state index contributed by atoms with van der Waals surface area (Å²) in [5, 5.41) is 3.37. The van der Waals surface area contributed by atoms with Gasteiger partial charge in [0.2, 0.25) is 0 Å². The van der Waals surface area contributed by atoms with Crippen LogP contribution < -0.4 is 5.56 Å². The number of aryl methyl sites for hydroxylation is 2. The fourth-order valence-electron chi connectivity index (χ4n) is 3.39. The van der Waals surface area contributed by atoms with Gasteiger partial charge in [0.25, 0.3) is 5.56 Å². The minimum Gasteiger partial charge on any atom is -0.292 e. The van der Waals surface area contributed by atoms with Crippen LogP contribution in [0, 0.1) is 0 Å². The van der Waals surface area contributed by atoms with Crippen LogP contribution in [-0.4, -0.2) is 21.1 Å². The third kappa shape index (κ3) is 3.17. The second-order valence-corrected chi connectivity index (χ2v) is 9.72. The molecule has 3 heterocycles. The number of nitrogens with zero attached hydrogens (tertiary/aromatic N) is 2. The summed E-state index contributed by atoms with van der Waals surface area (Å²) >= 11 is 4.48. The molecule has 136 valence electrons. The highest BCUT2D eigenvalue weighted by molar-refractivity contribution is 7.99. The Morgan fingerprint density at radius 3 is 2.88 bits per heavy atom. The van der Waals surface area contributed by atoms with E-state index in [4.69, 9.17) is 4.98 Å². The van der Waals surface area contributed by atoms with Crippen molar-refractivity contribution >= 4 is 50.4 Å². The summed E-state index contributed by atoms with van der Waals surface area (Å²) in [7, 11) is 0. The number of rotatable bonds is 5. The summed E-state index contributed by atoms with van der Waals surface area (Å²) in [6.07, 6.45) is 4.37. The highest BCUT2D eigenvalue weighted by Crippen LogP contribution is 2.35. The van der Waals surface area contributed by atoms with Gasteiger partial charge in [-0.3, -0.25) is 14.2 Å². The minimum absolute atomic E-state index is 0.0119. The Morgan fingerprint density at radius 2 is 2.15 bits per heavy atom. The lowest BCUT2D eigenvalue weighted by Gasteiger charge is -2.15. The summed E-state index contributed by atoms with van der Waals surface area (Å²) in [5.41, 5.74) is 1.27. The third-order valence-corrected chi connectivity index (χ3v) is 7.68. The van der Waals surface area contributed by atoms with Gasteiger partial charge in [-0.15, -0.1) is 22.7 Å². The van der Waals surface area contributed by atoms with Gasteiger partial charge in [0.1, 0.15) is 4.83 Å². The van der Waals surface area contributed by atoms with E-state index < -0.39 is 0 Å². The first-order chi connectivity index (χ1) is 12.6. The standard InChI is InChI=1S/C19H20N2O2S3/c1-11(2)21-18(23)16-12-6-3-4-7-14(12)26-17(16)20-19(21)25-10-13(22)15-8-5-9-24-15/h5,8-9,11H,3-4,6-7,10H2,1-2H3. The lowest BCUT2D eigenvalue weighted by atomic mass is 9.97. The molecule has 0 atom stereocenters. The monoisotopic (exact) mass is 404 g/mol. The molecule has 1 aliphatic carbocycles. The molecule has 7 heteroatoms. The molecule has 1 aliphatic rings. The quantitative estimate of drug-likeness (QED) is 0.343. The molecule has 0 unspecified atom stereocenters. The number of Topliss-reactive ketones (excluding diaryl/α,β-unsaturated/α-hetero) is 1. The Bertz CT molecular complexity index is 1020.